The molecule has 0 fully saturated rings. The summed E-state index contributed by atoms with van der Waals surface area (Å²) in [5, 5.41) is 3.31. The molecule has 0 bridgehead atoms. The van der Waals surface area contributed by atoms with Gasteiger partial charge in [-0.3, -0.25) is 9.59 Å². The van der Waals surface area contributed by atoms with Gasteiger partial charge in [-0.25, -0.2) is 9.78 Å². The van der Waals surface area contributed by atoms with Gasteiger partial charge in [0.15, 0.2) is 5.65 Å². The number of nitrogens with two attached hydrogens (primary N) is 2. The predicted octanol–water partition coefficient (Wildman–Crippen LogP) is 2.04. The average Bonchev–Trinajstić information content (AvgIpc) is 3.30. The topological polar surface area (TPSA) is 172 Å². The summed E-state index contributed by atoms with van der Waals surface area (Å²) in [6, 6.07) is 4.51. The third kappa shape index (κ3) is 7.09. The van der Waals surface area contributed by atoms with Crippen molar-refractivity contribution in [1.29, 1.82) is 0 Å². The predicted molar refractivity (Wildman–Crippen MR) is 132 cm³/mol. The lowest BCUT2D eigenvalue weighted by molar-refractivity contribution is -0.146. The fraction of sp³-hybridized carbons (Fsp3) is 0.391. The van der Waals surface area contributed by atoms with E-state index in [1.165, 1.54) is 11.3 Å². The second-order valence-corrected chi connectivity index (χ2v) is 8.74. The van der Waals surface area contributed by atoms with Crippen LogP contribution in [-0.4, -0.2) is 52.1 Å². The number of amides is 1. The molecule has 186 valence electrons. The van der Waals surface area contributed by atoms with E-state index < -0.39 is 23.9 Å². The number of nitrogen functional groups attached to an aromatic ring is 2. The van der Waals surface area contributed by atoms with Crippen molar-refractivity contribution in [3.8, 4) is 0 Å². The number of anilines is 2. The molecule has 1 atom stereocenters. The highest BCUT2D eigenvalue weighted by molar-refractivity contribution is 7.14. The Morgan fingerprint density at radius 2 is 1.86 bits per heavy atom. The van der Waals surface area contributed by atoms with E-state index in [1.54, 1.807) is 26.1 Å². The Hall–Kier alpha value is -3.80. The lowest BCUT2D eigenvalue weighted by Gasteiger charge is -2.16. The number of hydrogen-bond donors (Lipinski definition) is 3. The van der Waals surface area contributed by atoms with Gasteiger partial charge in [0.05, 0.1) is 23.5 Å². The van der Waals surface area contributed by atoms with Gasteiger partial charge in [-0.15, -0.1) is 11.3 Å². The maximum absolute atomic E-state index is 12.8. The molecule has 0 radical (unpaired) electrons. The van der Waals surface area contributed by atoms with Gasteiger partial charge in [0.2, 0.25) is 5.95 Å². The molecule has 3 heterocycles. The van der Waals surface area contributed by atoms with Gasteiger partial charge in [-0.1, -0.05) is 0 Å². The van der Waals surface area contributed by atoms with E-state index >= 15 is 0 Å². The van der Waals surface area contributed by atoms with Crippen LogP contribution >= 0.6 is 11.3 Å². The maximum atomic E-state index is 12.8. The first kappa shape index (κ1) is 25.8. The summed E-state index contributed by atoms with van der Waals surface area (Å²) < 4.78 is 9.94. The molecule has 0 aliphatic heterocycles. The number of carbonyl (C=O) groups is 3. The van der Waals surface area contributed by atoms with E-state index in [1.807, 2.05) is 12.1 Å². The van der Waals surface area contributed by atoms with Crippen molar-refractivity contribution in [2.24, 2.45) is 0 Å². The zero-order chi connectivity index (χ0) is 25.4. The van der Waals surface area contributed by atoms with Crippen LogP contribution in [0.15, 0.2) is 24.4 Å². The summed E-state index contributed by atoms with van der Waals surface area (Å²) in [6.07, 6.45) is 3.14. The summed E-state index contributed by atoms with van der Waals surface area (Å²) in [6.45, 7) is 3.80. The molecule has 0 aliphatic rings. The zero-order valence-electron chi connectivity index (χ0n) is 19.6. The third-order valence-corrected chi connectivity index (χ3v) is 6.16. The minimum Gasteiger partial charge on any atom is -0.466 e. The SMILES string of the molecule is CCOC(=O)CC[C@H](NC(=O)c1ccc(CCc2cnc3nc(N)nc(N)c3c2)s1)C(=O)OCC. The monoisotopic (exact) mass is 500 g/mol. The molecule has 0 spiro atoms. The van der Waals surface area contributed by atoms with Gasteiger partial charge in [0.25, 0.3) is 5.91 Å². The number of nitrogens with one attached hydrogen (secondary N) is 1. The summed E-state index contributed by atoms with van der Waals surface area (Å²) in [7, 11) is 0. The van der Waals surface area contributed by atoms with Crippen LogP contribution < -0.4 is 16.8 Å². The number of esters is 2. The molecule has 0 saturated heterocycles. The van der Waals surface area contributed by atoms with Crippen LogP contribution in [0.3, 0.4) is 0 Å². The van der Waals surface area contributed by atoms with Crippen LogP contribution in [0.1, 0.15) is 46.8 Å². The van der Waals surface area contributed by atoms with Gasteiger partial charge in [0.1, 0.15) is 11.9 Å². The summed E-state index contributed by atoms with van der Waals surface area (Å²) >= 11 is 1.33. The highest BCUT2D eigenvalue weighted by atomic mass is 32.1. The van der Waals surface area contributed by atoms with Gasteiger partial charge >= 0.3 is 11.9 Å². The van der Waals surface area contributed by atoms with Crippen LogP contribution in [0.25, 0.3) is 11.0 Å². The van der Waals surface area contributed by atoms with E-state index in [4.69, 9.17) is 20.9 Å². The lowest BCUT2D eigenvalue weighted by atomic mass is 10.1. The van der Waals surface area contributed by atoms with E-state index in [0.29, 0.717) is 28.8 Å². The lowest BCUT2D eigenvalue weighted by Crippen LogP contribution is -2.42. The fourth-order valence-corrected chi connectivity index (χ4v) is 4.26. The molecule has 3 rings (SSSR count). The molecular weight excluding hydrogens is 472 g/mol. The fourth-order valence-electron chi connectivity index (χ4n) is 3.35. The first-order chi connectivity index (χ1) is 16.8. The Morgan fingerprint density at radius 3 is 2.60 bits per heavy atom. The van der Waals surface area contributed by atoms with Crippen molar-refractivity contribution in [3.63, 3.8) is 0 Å². The average molecular weight is 501 g/mol. The quantitative estimate of drug-likeness (QED) is 0.331. The molecule has 11 nitrogen and oxygen atoms in total. The highest BCUT2D eigenvalue weighted by Crippen LogP contribution is 2.22. The number of hydrogen-bond acceptors (Lipinski definition) is 11. The molecule has 12 heteroatoms. The number of aromatic nitrogens is 3. The first-order valence-electron chi connectivity index (χ1n) is 11.2. The van der Waals surface area contributed by atoms with Gasteiger partial charge in [-0.2, -0.15) is 9.97 Å². The van der Waals surface area contributed by atoms with Crippen molar-refractivity contribution in [1.82, 2.24) is 20.3 Å². The van der Waals surface area contributed by atoms with Crippen molar-refractivity contribution >= 4 is 52.0 Å². The number of nitrogens with zero attached hydrogens (tertiary/aromatic N) is 3. The molecule has 0 unspecified atom stereocenters. The maximum Gasteiger partial charge on any atom is 0.328 e. The van der Waals surface area contributed by atoms with E-state index in [0.717, 1.165) is 10.4 Å². The summed E-state index contributed by atoms with van der Waals surface area (Å²) in [5.74, 6) is -1.08. The van der Waals surface area contributed by atoms with Gasteiger partial charge < -0.3 is 26.3 Å². The van der Waals surface area contributed by atoms with Crippen LogP contribution in [0.4, 0.5) is 11.8 Å². The normalized spacial score (nSPS) is 11.7. The third-order valence-electron chi connectivity index (χ3n) is 5.02. The first-order valence-corrected chi connectivity index (χ1v) is 12.0. The Balaban J connectivity index is 1.62. The van der Waals surface area contributed by atoms with Crippen LogP contribution in [0.5, 0.6) is 0 Å². The Bertz CT molecular complexity index is 1210. The summed E-state index contributed by atoms with van der Waals surface area (Å²) in [5.41, 5.74) is 12.9. The van der Waals surface area contributed by atoms with Gasteiger partial charge in [-0.05, 0) is 56.9 Å². The minimum atomic E-state index is -0.942. The van der Waals surface area contributed by atoms with Crippen LogP contribution in [0, 0.1) is 0 Å². The standard InChI is InChI=1S/C23H28N6O5S/c1-3-33-18(30)10-8-16(22(32)34-4-2)27-21(31)17-9-7-14(35-17)6-5-13-11-15-19(24)28-23(25)29-20(15)26-12-13/h7,9,11-12,16H,3-6,8,10H2,1-2H3,(H,27,31)(H4,24,25,26,28,29)/t16-/m0/s1. The van der Waals surface area contributed by atoms with E-state index in [2.05, 4.69) is 20.3 Å². The molecule has 35 heavy (non-hydrogen) atoms. The van der Waals surface area contributed by atoms with Gasteiger partial charge in [0, 0.05) is 17.5 Å². The Morgan fingerprint density at radius 1 is 1.09 bits per heavy atom. The zero-order valence-corrected chi connectivity index (χ0v) is 20.4. The minimum absolute atomic E-state index is 0.00473. The highest BCUT2D eigenvalue weighted by Gasteiger charge is 2.24. The molecular formula is C23H28N6O5S. The number of rotatable bonds is 11. The smallest absolute Gasteiger partial charge is 0.328 e. The number of ether oxygens (including phenoxy) is 2. The number of thiophene rings is 1. The molecule has 3 aromatic heterocycles. The number of fused-ring (bicyclic) bond motifs is 1. The van der Waals surface area contributed by atoms with E-state index in [9.17, 15) is 14.4 Å². The van der Waals surface area contributed by atoms with Crippen LogP contribution in [0.2, 0.25) is 0 Å². The molecule has 0 aliphatic carbocycles. The Labute approximate surface area is 206 Å². The number of aryl methyl sites for hydroxylation is 2. The van der Waals surface area contributed by atoms with E-state index in [-0.39, 0.29) is 37.8 Å². The Kier molecular flexibility index (Phi) is 8.90. The second-order valence-electron chi connectivity index (χ2n) is 7.57. The molecule has 5 N–H and O–H groups in total. The molecule has 3 aromatic rings. The number of carbonyl (C=O) groups excluding carboxylic acids is 3. The molecule has 1 amide bonds. The molecule has 0 saturated carbocycles. The van der Waals surface area contributed by atoms with Crippen molar-refractivity contribution in [2.45, 2.75) is 45.6 Å². The molecule has 0 aromatic carbocycles. The van der Waals surface area contributed by atoms with Crippen LogP contribution in [-0.2, 0) is 31.9 Å². The van der Waals surface area contributed by atoms with Crippen molar-refractivity contribution < 1.29 is 23.9 Å². The second kappa shape index (κ2) is 12.1. The number of pyridine rings is 1. The summed E-state index contributed by atoms with van der Waals surface area (Å²) in [4.78, 5) is 50.5. The van der Waals surface area contributed by atoms with Crippen molar-refractivity contribution in [3.05, 3.63) is 39.7 Å². The van der Waals surface area contributed by atoms with Crippen molar-refractivity contribution in [2.75, 3.05) is 24.7 Å². The largest absolute Gasteiger partial charge is 0.466 e.